The van der Waals surface area contributed by atoms with Crippen molar-refractivity contribution in [3.05, 3.63) is 48.3 Å². The van der Waals surface area contributed by atoms with Gasteiger partial charge in [0.05, 0.1) is 10.6 Å². The number of ether oxygens (including phenoxy) is 1. The van der Waals surface area contributed by atoms with Crippen molar-refractivity contribution in [2.75, 3.05) is 35.7 Å². The summed E-state index contributed by atoms with van der Waals surface area (Å²) >= 11 is 0. The van der Waals surface area contributed by atoms with Crippen LogP contribution in [0.4, 0.5) is 16.2 Å². The highest BCUT2D eigenvalue weighted by molar-refractivity contribution is 7.91. The Balaban J connectivity index is 1.91. The van der Waals surface area contributed by atoms with Crippen molar-refractivity contribution in [2.24, 2.45) is 0 Å². The number of carbonyl (C=O) groups is 1. The van der Waals surface area contributed by atoms with Crippen molar-refractivity contribution in [1.29, 1.82) is 0 Å². The molecule has 0 unspecified atom stereocenters. The highest BCUT2D eigenvalue weighted by Gasteiger charge is 2.15. The average Bonchev–Trinajstić information content (AvgIpc) is 2.65. The van der Waals surface area contributed by atoms with Crippen LogP contribution in [-0.4, -0.2) is 44.9 Å². The summed E-state index contributed by atoms with van der Waals surface area (Å²) in [5.41, 5.74) is 2.62. The number of aryl methyl sites for hydroxylation is 1. The van der Waals surface area contributed by atoms with Crippen molar-refractivity contribution in [3.8, 4) is 0 Å². The summed E-state index contributed by atoms with van der Waals surface area (Å²) in [4.78, 5) is 18.1. The molecule has 1 amide bonds. The van der Waals surface area contributed by atoms with Crippen LogP contribution in [0.3, 0.4) is 0 Å². The summed E-state index contributed by atoms with van der Waals surface area (Å²) in [5.74, 6) is -0.287. The molecule has 0 spiro atoms. The summed E-state index contributed by atoms with van der Waals surface area (Å²) < 4.78 is 29.3. The molecule has 0 aliphatic rings. The van der Waals surface area contributed by atoms with Crippen LogP contribution in [0.2, 0.25) is 0 Å². The van der Waals surface area contributed by atoms with Crippen molar-refractivity contribution in [3.63, 3.8) is 0 Å². The van der Waals surface area contributed by atoms with Crippen LogP contribution < -0.4 is 10.2 Å². The maximum Gasteiger partial charge on any atom is 0.411 e. The van der Waals surface area contributed by atoms with E-state index < -0.39 is 15.9 Å². The first-order valence-electron chi connectivity index (χ1n) is 8.79. The summed E-state index contributed by atoms with van der Waals surface area (Å²) in [6.45, 7) is 7.64. The van der Waals surface area contributed by atoms with Gasteiger partial charge >= 0.3 is 6.09 Å². The number of hydrogen-bond donors (Lipinski definition) is 1. The van der Waals surface area contributed by atoms with Crippen LogP contribution in [0, 0.1) is 6.92 Å². The number of carbonyl (C=O) groups excluding carboxylic acids is 1. The molecule has 0 aliphatic carbocycles. The highest BCUT2D eigenvalue weighted by Crippen LogP contribution is 2.22. The van der Waals surface area contributed by atoms with Crippen LogP contribution in [0.1, 0.15) is 19.4 Å². The van der Waals surface area contributed by atoms with Crippen molar-refractivity contribution < 1.29 is 17.9 Å². The molecule has 0 saturated carbocycles. The Kier molecular flexibility index (Phi) is 7.18. The number of hydrogen-bond acceptors (Lipinski definition) is 6. The van der Waals surface area contributed by atoms with E-state index in [1.54, 1.807) is 0 Å². The van der Waals surface area contributed by atoms with E-state index in [0.29, 0.717) is 5.69 Å². The van der Waals surface area contributed by atoms with Crippen molar-refractivity contribution in [2.45, 2.75) is 25.7 Å². The second-order valence-electron chi connectivity index (χ2n) is 5.93. The van der Waals surface area contributed by atoms with Crippen LogP contribution >= 0.6 is 0 Å². The first-order valence-corrected chi connectivity index (χ1v) is 10.4. The van der Waals surface area contributed by atoms with Gasteiger partial charge in [0.25, 0.3) is 0 Å². The van der Waals surface area contributed by atoms with Gasteiger partial charge in [0.1, 0.15) is 6.61 Å². The minimum Gasteiger partial charge on any atom is -0.448 e. The normalized spacial score (nSPS) is 11.1. The van der Waals surface area contributed by atoms with Gasteiger partial charge in [0.2, 0.25) is 0 Å². The quantitative estimate of drug-likeness (QED) is 0.743. The fourth-order valence-electron chi connectivity index (χ4n) is 2.63. The SMILES string of the molecule is CCN(CC)c1ccc(NC(=O)OCCS(=O)(=O)c2ccncc2)c(C)c1. The van der Waals surface area contributed by atoms with Gasteiger partial charge in [-0.1, -0.05) is 0 Å². The molecule has 0 atom stereocenters. The molecular formula is C19H25N3O4S. The lowest BCUT2D eigenvalue weighted by Crippen LogP contribution is -2.22. The standard InChI is InChI=1S/C19H25N3O4S/c1-4-22(5-2)16-6-7-18(15(3)14-16)21-19(23)26-12-13-27(24,25)17-8-10-20-11-9-17/h6-11,14H,4-5,12-13H2,1-3H3,(H,21,23). The number of aromatic nitrogens is 1. The maximum absolute atomic E-state index is 12.1. The fourth-order valence-corrected chi connectivity index (χ4v) is 3.70. The third-order valence-electron chi connectivity index (χ3n) is 4.17. The number of nitrogens with zero attached hydrogens (tertiary/aromatic N) is 2. The molecule has 0 fully saturated rings. The summed E-state index contributed by atoms with van der Waals surface area (Å²) in [6.07, 6.45) is 2.13. The lowest BCUT2D eigenvalue weighted by molar-refractivity contribution is 0.168. The Labute approximate surface area is 160 Å². The van der Waals surface area contributed by atoms with E-state index in [0.717, 1.165) is 24.3 Å². The molecule has 1 heterocycles. The Bertz CT molecular complexity index is 866. The monoisotopic (exact) mass is 391 g/mol. The first kappa shape index (κ1) is 20.7. The zero-order valence-electron chi connectivity index (χ0n) is 15.8. The first-order chi connectivity index (χ1) is 12.9. The number of benzene rings is 1. The lowest BCUT2D eigenvalue weighted by atomic mass is 10.1. The van der Waals surface area contributed by atoms with Crippen LogP contribution in [-0.2, 0) is 14.6 Å². The van der Waals surface area contributed by atoms with Gasteiger partial charge in [0.15, 0.2) is 9.84 Å². The van der Waals surface area contributed by atoms with Gasteiger partial charge in [-0.15, -0.1) is 0 Å². The minimum absolute atomic E-state index is 0.157. The predicted octanol–water partition coefficient (Wildman–Crippen LogP) is 3.26. The average molecular weight is 391 g/mol. The van der Waals surface area contributed by atoms with E-state index in [9.17, 15) is 13.2 Å². The van der Waals surface area contributed by atoms with Gasteiger partial charge < -0.3 is 9.64 Å². The minimum atomic E-state index is -3.51. The molecule has 0 bridgehead atoms. The molecule has 27 heavy (non-hydrogen) atoms. The Morgan fingerprint density at radius 2 is 1.81 bits per heavy atom. The molecule has 0 saturated heterocycles. The molecule has 8 heteroatoms. The number of rotatable bonds is 8. The second-order valence-corrected chi connectivity index (χ2v) is 8.04. The molecule has 0 radical (unpaired) electrons. The van der Waals surface area contributed by atoms with Gasteiger partial charge in [0, 0.05) is 36.9 Å². The third-order valence-corrected chi connectivity index (χ3v) is 5.86. The van der Waals surface area contributed by atoms with Crippen LogP contribution in [0.25, 0.3) is 0 Å². The molecular weight excluding hydrogens is 366 g/mol. The summed E-state index contributed by atoms with van der Waals surface area (Å²) in [7, 11) is -3.51. The molecule has 0 aliphatic heterocycles. The number of anilines is 2. The molecule has 146 valence electrons. The molecule has 1 N–H and O–H groups in total. The summed E-state index contributed by atoms with van der Waals surface area (Å²) in [5, 5.41) is 2.65. The number of sulfone groups is 1. The van der Waals surface area contributed by atoms with Gasteiger partial charge in [-0.25, -0.2) is 13.2 Å². The van der Waals surface area contributed by atoms with Crippen molar-refractivity contribution in [1.82, 2.24) is 4.98 Å². The van der Waals surface area contributed by atoms with E-state index in [1.165, 1.54) is 24.5 Å². The number of amides is 1. The second kappa shape index (κ2) is 9.36. The third kappa shape index (κ3) is 5.68. The number of pyridine rings is 1. The zero-order valence-corrected chi connectivity index (χ0v) is 16.6. The predicted molar refractivity (Wildman–Crippen MR) is 106 cm³/mol. The van der Waals surface area contributed by atoms with Crippen molar-refractivity contribution >= 4 is 27.3 Å². The highest BCUT2D eigenvalue weighted by atomic mass is 32.2. The maximum atomic E-state index is 12.1. The Morgan fingerprint density at radius 1 is 1.15 bits per heavy atom. The van der Waals surface area contributed by atoms with E-state index in [4.69, 9.17) is 4.74 Å². The molecule has 1 aromatic heterocycles. The molecule has 7 nitrogen and oxygen atoms in total. The fraction of sp³-hybridized carbons (Fsp3) is 0.368. The molecule has 2 aromatic rings. The summed E-state index contributed by atoms with van der Waals surface area (Å²) in [6, 6.07) is 8.57. The van der Waals surface area contributed by atoms with Crippen LogP contribution in [0.5, 0.6) is 0 Å². The molecule has 2 rings (SSSR count). The largest absolute Gasteiger partial charge is 0.448 e. The topological polar surface area (TPSA) is 88.6 Å². The van der Waals surface area contributed by atoms with Crippen LogP contribution in [0.15, 0.2) is 47.6 Å². The van der Waals surface area contributed by atoms with Gasteiger partial charge in [-0.3, -0.25) is 10.3 Å². The number of nitrogens with one attached hydrogen (secondary N) is 1. The van der Waals surface area contributed by atoms with E-state index in [-0.39, 0.29) is 17.3 Å². The molecule has 1 aromatic carbocycles. The van der Waals surface area contributed by atoms with Gasteiger partial charge in [-0.2, -0.15) is 0 Å². The van der Waals surface area contributed by atoms with E-state index in [1.807, 2.05) is 25.1 Å². The van der Waals surface area contributed by atoms with E-state index in [2.05, 4.69) is 29.0 Å². The Hall–Kier alpha value is -2.61. The van der Waals surface area contributed by atoms with Gasteiger partial charge in [-0.05, 0) is 56.7 Å². The lowest BCUT2D eigenvalue weighted by Gasteiger charge is -2.22. The Morgan fingerprint density at radius 3 is 2.41 bits per heavy atom. The zero-order chi connectivity index (χ0) is 19.9. The van der Waals surface area contributed by atoms with E-state index >= 15 is 0 Å². The smallest absolute Gasteiger partial charge is 0.411 e.